The van der Waals surface area contributed by atoms with E-state index in [9.17, 15) is 14.7 Å². The molecule has 0 aliphatic rings. The Morgan fingerprint density at radius 1 is 1.08 bits per heavy atom. The average Bonchev–Trinajstić information content (AvgIpc) is 2.47. The van der Waals surface area contributed by atoms with Gasteiger partial charge in [0, 0.05) is 11.3 Å². The first-order valence-corrected chi connectivity index (χ1v) is 8.06. The lowest BCUT2D eigenvalue weighted by molar-refractivity contribution is -0.152. The van der Waals surface area contributed by atoms with Crippen LogP contribution in [0, 0.1) is 13.8 Å². The van der Waals surface area contributed by atoms with Gasteiger partial charge in [0.05, 0.1) is 6.42 Å². The summed E-state index contributed by atoms with van der Waals surface area (Å²) in [6.45, 7) is 6.89. The topological polar surface area (TPSA) is 75.6 Å². The van der Waals surface area contributed by atoms with E-state index in [4.69, 9.17) is 4.74 Å². The Hall–Kier alpha value is -2.82. The maximum absolute atomic E-state index is 12.4. The molecule has 0 unspecified atom stereocenters. The van der Waals surface area contributed by atoms with Crippen molar-refractivity contribution < 1.29 is 19.4 Å². The van der Waals surface area contributed by atoms with Gasteiger partial charge in [-0.05, 0) is 57.0 Å². The molecule has 0 fully saturated rings. The van der Waals surface area contributed by atoms with Crippen LogP contribution in [0.2, 0.25) is 0 Å². The van der Waals surface area contributed by atoms with Crippen molar-refractivity contribution in [3.05, 3.63) is 59.2 Å². The highest BCUT2D eigenvalue weighted by molar-refractivity contribution is 5.92. The molecule has 5 heteroatoms. The second kappa shape index (κ2) is 7.38. The molecule has 0 spiro atoms. The first-order chi connectivity index (χ1) is 11.7. The molecule has 2 aromatic rings. The van der Waals surface area contributed by atoms with E-state index in [1.165, 1.54) is 13.8 Å². The van der Waals surface area contributed by atoms with Crippen molar-refractivity contribution in [3.8, 4) is 5.75 Å². The lowest BCUT2D eigenvalue weighted by Crippen LogP contribution is -2.38. The third-order valence-electron chi connectivity index (χ3n) is 3.71. The molecule has 2 aromatic carbocycles. The Labute approximate surface area is 147 Å². The number of hydrogen-bond donors (Lipinski definition) is 2. The molecule has 25 heavy (non-hydrogen) atoms. The molecule has 0 saturated heterocycles. The van der Waals surface area contributed by atoms with Crippen molar-refractivity contribution in [1.82, 2.24) is 0 Å². The van der Waals surface area contributed by atoms with E-state index in [2.05, 4.69) is 5.32 Å². The number of benzene rings is 2. The van der Waals surface area contributed by atoms with Gasteiger partial charge in [0.2, 0.25) is 5.91 Å². The number of para-hydroxylation sites is 1. The van der Waals surface area contributed by atoms with Crippen LogP contribution in [0.5, 0.6) is 5.75 Å². The van der Waals surface area contributed by atoms with Crippen molar-refractivity contribution in [2.24, 2.45) is 0 Å². The zero-order valence-corrected chi connectivity index (χ0v) is 14.9. The number of carbonyl (C=O) groups excluding carboxylic acids is 1. The Balaban J connectivity index is 2.14. The lowest BCUT2D eigenvalue weighted by Gasteiger charge is -2.23. The van der Waals surface area contributed by atoms with Gasteiger partial charge in [-0.3, -0.25) is 4.79 Å². The number of aryl methyl sites for hydroxylation is 2. The largest absolute Gasteiger partial charge is 0.478 e. The van der Waals surface area contributed by atoms with E-state index in [1.54, 1.807) is 24.3 Å². The summed E-state index contributed by atoms with van der Waals surface area (Å²) < 4.78 is 5.60. The van der Waals surface area contributed by atoms with E-state index >= 15 is 0 Å². The fourth-order valence-electron chi connectivity index (χ4n) is 2.49. The molecule has 0 atom stereocenters. The Kier molecular flexibility index (Phi) is 5.47. The zero-order chi connectivity index (χ0) is 18.6. The quantitative estimate of drug-likeness (QED) is 0.839. The number of aliphatic carboxylic acids is 1. The van der Waals surface area contributed by atoms with Gasteiger partial charge in [0.25, 0.3) is 0 Å². The maximum Gasteiger partial charge on any atom is 0.347 e. The highest BCUT2D eigenvalue weighted by atomic mass is 16.5. The number of carboxylic acid groups (broad SMARTS) is 1. The van der Waals surface area contributed by atoms with Gasteiger partial charge in [0.1, 0.15) is 5.75 Å². The molecule has 2 rings (SSSR count). The van der Waals surface area contributed by atoms with Gasteiger partial charge in [-0.15, -0.1) is 0 Å². The molecule has 132 valence electrons. The van der Waals surface area contributed by atoms with Crippen LogP contribution in [0.3, 0.4) is 0 Å². The molecule has 0 radical (unpaired) electrons. The Morgan fingerprint density at radius 3 is 2.28 bits per heavy atom. The van der Waals surface area contributed by atoms with Crippen molar-refractivity contribution in [3.63, 3.8) is 0 Å². The van der Waals surface area contributed by atoms with Crippen molar-refractivity contribution in [2.75, 3.05) is 5.32 Å². The summed E-state index contributed by atoms with van der Waals surface area (Å²) in [5.41, 5.74) is 2.15. The molecule has 0 heterocycles. The fourth-order valence-corrected chi connectivity index (χ4v) is 2.49. The number of rotatable bonds is 6. The van der Waals surface area contributed by atoms with Crippen molar-refractivity contribution in [1.29, 1.82) is 0 Å². The number of carbonyl (C=O) groups is 2. The maximum atomic E-state index is 12.4. The fraction of sp³-hybridized carbons (Fsp3) is 0.300. The van der Waals surface area contributed by atoms with Crippen LogP contribution in [0.1, 0.15) is 30.5 Å². The van der Waals surface area contributed by atoms with E-state index in [-0.39, 0.29) is 12.3 Å². The first kappa shape index (κ1) is 18.5. The second-order valence-corrected chi connectivity index (χ2v) is 6.63. The molecular formula is C20H23NO4. The third kappa shape index (κ3) is 5.08. The third-order valence-corrected chi connectivity index (χ3v) is 3.71. The van der Waals surface area contributed by atoms with Crippen LogP contribution in [-0.4, -0.2) is 22.6 Å². The summed E-state index contributed by atoms with van der Waals surface area (Å²) in [5.74, 6) is -0.860. The molecule has 1 amide bonds. The molecule has 5 nitrogen and oxygen atoms in total. The first-order valence-electron chi connectivity index (χ1n) is 8.06. The van der Waals surface area contributed by atoms with Gasteiger partial charge >= 0.3 is 5.97 Å². The Bertz CT molecular complexity index is 776. The van der Waals surface area contributed by atoms with E-state index in [0.29, 0.717) is 11.3 Å². The molecule has 2 N–H and O–H groups in total. The molecule has 0 saturated carbocycles. The second-order valence-electron chi connectivity index (χ2n) is 6.63. The van der Waals surface area contributed by atoms with Crippen LogP contribution in [0.25, 0.3) is 0 Å². The number of amides is 1. The van der Waals surface area contributed by atoms with E-state index < -0.39 is 11.6 Å². The van der Waals surface area contributed by atoms with E-state index in [0.717, 1.165) is 16.8 Å². The Morgan fingerprint density at radius 2 is 1.68 bits per heavy atom. The van der Waals surface area contributed by atoms with E-state index in [1.807, 2.05) is 32.0 Å². The minimum atomic E-state index is -1.37. The number of ether oxygens (including phenoxy) is 1. The number of nitrogens with one attached hydrogen (secondary N) is 1. The summed E-state index contributed by atoms with van der Waals surface area (Å²) in [6, 6.07) is 12.8. The van der Waals surface area contributed by atoms with Crippen LogP contribution >= 0.6 is 0 Å². The number of hydrogen-bond acceptors (Lipinski definition) is 3. The van der Waals surface area contributed by atoms with Crippen molar-refractivity contribution in [2.45, 2.75) is 39.7 Å². The van der Waals surface area contributed by atoms with Gasteiger partial charge in [-0.25, -0.2) is 4.79 Å². The van der Waals surface area contributed by atoms with Crippen LogP contribution in [0.15, 0.2) is 42.5 Å². The smallest absolute Gasteiger partial charge is 0.347 e. The predicted molar refractivity (Wildman–Crippen MR) is 97.0 cm³/mol. The van der Waals surface area contributed by atoms with Gasteiger partial charge < -0.3 is 15.2 Å². The number of anilines is 1. The van der Waals surface area contributed by atoms with Gasteiger partial charge in [-0.2, -0.15) is 0 Å². The standard InChI is InChI=1S/C20H23NO4/c1-13-9-14(2)11-16(10-13)21-18(22)12-15-7-5-6-8-17(15)25-20(3,4)19(23)24/h5-11H,12H2,1-4H3,(H,21,22)(H,23,24). The normalized spacial score (nSPS) is 11.0. The van der Waals surface area contributed by atoms with Crippen LogP contribution < -0.4 is 10.1 Å². The number of carboxylic acids is 1. The molecule has 0 aliphatic carbocycles. The summed E-state index contributed by atoms with van der Waals surface area (Å²) >= 11 is 0. The minimum absolute atomic E-state index is 0.0961. The minimum Gasteiger partial charge on any atom is -0.478 e. The summed E-state index contributed by atoms with van der Waals surface area (Å²) in [7, 11) is 0. The average molecular weight is 341 g/mol. The summed E-state index contributed by atoms with van der Waals surface area (Å²) in [6.07, 6.45) is 0.0961. The highest BCUT2D eigenvalue weighted by Crippen LogP contribution is 2.24. The van der Waals surface area contributed by atoms with Gasteiger partial charge in [0.15, 0.2) is 5.60 Å². The molecule has 0 aromatic heterocycles. The summed E-state index contributed by atoms with van der Waals surface area (Å²) in [5, 5.41) is 12.1. The van der Waals surface area contributed by atoms with Gasteiger partial charge in [-0.1, -0.05) is 24.3 Å². The van der Waals surface area contributed by atoms with Crippen molar-refractivity contribution >= 4 is 17.6 Å². The molecule has 0 aliphatic heterocycles. The van der Waals surface area contributed by atoms with Crippen LogP contribution in [0.4, 0.5) is 5.69 Å². The monoisotopic (exact) mass is 341 g/mol. The highest BCUT2D eigenvalue weighted by Gasteiger charge is 2.30. The lowest BCUT2D eigenvalue weighted by atomic mass is 10.1. The summed E-state index contributed by atoms with van der Waals surface area (Å²) in [4.78, 5) is 23.6. The predicted octanol–water partition coefficient (Wildman–Crippen LogP) is 3.73. The zero-order valence-electron chi connectivity index (χ0n) is 14.9. The molecular weight excluding hydrogens is 318 g/mol. The SMILES string of the molecule is Cc1cc(C)cc(NC(=O)Cc2ccccc2OC(C)(C)C(=O)O)c1. The molecule has 0 bridgehead atoms. The van der Waals surface area contributed by atoms with Crippen LogP contribution in [-0.2, 0) is 16.0 Å².